The number of nitrogens with zero attached hydrogens (tertiary/aromatic N) is 2. The van der Waals surface area contributed by atoms with Gasteiger partial charge in [0.15, 0.2) is 23.0 Å². The van der Waals surface area contributed by atoms with E-state index < -0.39 is 11.2 Å². The molecule has 2 aromatic carbocycles. The highest BCUT2D eigenvalue weighted by Crippen LogP contribution is 2.79. The zero-order valence-corrected chi connectivity index (χ0v) is 37.4. The third-order valence-electron chi connectivity index (χ3n) is 21.1. The van der Waals surface area contributed by atoms with Crippen LogP contribution in [0, 0.1) is 34.5 Å². The van der Waals surface area contributed by atoms with Gasteiger partial charge in [-0.05, 0) is 158 Å². The van der Waals surface area contributed by atoms with Crippen molar-refractivity contribution in [3.8, 4) is 23.0 Å². The molecule has 4 aliphatic heterocycles. The first-order chi connectivity index (χ1) is 29.5. The Morgan fingerprint density at radius 2 is 1.16 bits per heavy atom. The normalized spacial score (nSPS) is 45.3. The molecule has 0 radical (unpaired) electrons. The summed E-state index contributed by atoms with van der Waals surface area (Å²) in [6, 6.07) is 10.1. The van der Waals surface area contributed by atoms with Crippen molar-refractivity contribution in [3.63, 3.8) is 0 Å². The topological polar surface area (TPSA) is 82.1 Å². The van der Waals surface area contributed by atoms with Crippen LogP contribution in [0.4, 0.5) is 0 Å². The van der Waals surface area contributed by atoms with Gasteiger partial charge in [0.05, 0.1) is 5.60 Å². The highest BCUT2D eigenvalue weighted by atomic mass is 16.6. The predicted octanol–water partition coefficient (Wildman–Crippen LogP) is 7.38. The van der Waals surface area contributed by atoms with Crippen LogP contribution in [0.1, 0.15) is 120 Å². The van der Waals surface area contributed by atoms with Gasteiger partial charge in [0.1, 0.15) is 36.6 Å². The molecule has 4 heterocycles. The van der Waals surface area contributed by atoms with Crippen molar-refractivity contribution >= 4 is 0 Å². The van der Waals surface area contributed by atoms with E-state index >= 15 is 0 Å². The van der Waals surface area contributed by atoms with E-state index in [1.807, 2.05) is 28.1 Å². The Morgan fingerprint density at radius 3 is 1.64 bits per heavy atom. The van der Waals surface area contributed by atoms with E-state index in [0.717, 1.165) is 99.3 Å². The van der Waals surface area contributed by atoms with Gasteiger partial charge in [0, 0.05) is 78.1 Å². The summed E-state index contributed by atoms with van der Waals surface area (Å²) < 4.78 is 41.8. The molecule has 8 bridgehead atoms. The Balaban J connectivity index is 0.779. The number of ether oxygens (including phenoxy) is 6. The van der Waals surface area contributed by atoms with E-state index in [2.05, 4.69) is 41.0 Å². The first kappa shape index (κ1) is 37.8. The molecule has 2 saturated heterocycles. The van der Waals surface area contributed by atoms with Gasteiger partial charge in [0.25, 0.3) is 0 Å². The monoisotopic (exact) mass is 833 g/mol. The second-order valence-electron chi connectivity index (χ2n) is 23.5. The fraction of sp³-hybridized carbons (Fsp3) is 0.769. The van der Waals surface area contributed by atoms with E-state index in [9.17, 15) is 5.11 Å². The maximum absolute atomic E-state index is 11.9. The number of likely N-dealkylation sites (tertiary alicyclic amines) is 2. The van der Waals surface area contributed by atoms with E-state index in [4.69, 9.17) is 28.4 Å². The molecule has 1 N–H and O–H groups in total. The van der Waals surface area contributed by atoms with Gasteiger partial charge in [0.2, 0.25) is 0 Å². The van der Waals surface area contributed by atoms with Gasteiger partial charge >= 0.3 is 0 Å². The van der Waals surface area contributed by atoms with Crippen molar-refractivity contribution in [3.05, 3.63) is 46.5 Å². The SMILES string of the molecule is CO[C@@]12CC[C@@]3(C[C@@H]1C(C)(C)O)[C@H]1Cc4ccc(OCCOc5ccc6c7c5O[C@H]5[C@]8(OC)CC[C@@]9(C[C@@H]8C)[C@@H](C6)N(CC6CC6)CC[C@]759)c5c4[C@@]3(CCN1CC1CC1)[C@H]2O5. The molecule has 10 aliphatic carbocycles. The lowest BCUT2D eigenvalue weighted by Gasteiger charge is -2.75. The maximum atomic E-state index is 11.9. The predicted molar refractivity (Wildman–Crippen MR) is 230 cm³/mol. The van der Waals surface area contributed by atoms with Crippen LogP contribution in [0.3, 0.4) is 0 Å². The largest absolute Gasteiger partial charge is 0.486 e. The average molecular weight is 833 g/mol. The minimum Gasteiger partial charge on any atom is -0.486 e. The summed E-state index contributed by atoms with van der Waals surface area (Å²) in [5.41, 5.74) is 4.14. The van der Waals surface area contributed by atoms with Crippen molar-refractivity contribution in [1.82, 2.24) is 9.80 Å². The standard InChI is InChI=1S/C52H68N2O7/c1-30-26-47-14-16-51(30,56-4)44-49(47)18-20-53(28-31-6-7-31)38(47)24-33-10-12-35(42(60-44)40(33)49)58-22-23-59-36-13-11-34-25-39-48-15-17-52(57-5,37(27-48)46(2,3)55)45-50(48,41(34)43(36)61-45)19-21-54(39)29-32-8-9-32/h10-13,30-32,37-39,44-45,55H,6-9,14-29H2,1-5H3/t30-,37+,38+,39+,44+,45+,47+,48+,49-,50-,51-,52-/m0/s1. The van der Waals surface area contributed by atoms with Gasteiger partial charge in [-0.1, -0.05) is 19.1 Å². The fourth-order valence-electron chi connectivity index (χ4n) is 18.5. The molecule has 328 valence electrons. The van der Waals surface area contributed by atoms with Crippen molar-refractivity contribution in [2.24, 2.45) is 34.5 Å². The highest BCUT2D eigenvalue weighted by Gasteiger charge is 2.83. The van der Waals surface area contributed by atoms with Crippen molar-refractivity contribution in [1.29, 1.82) is 0 Å². The molecule has 9 nitrogen and oxygen atoms in total. The highest BCUT2D eigenvalue weighted by molar-refractivity contribution is 5.65. The van der Waals surface area contributed by atoms with E-state index in [1.54, 1.807) is 0 Å². The van der Waals surface area contributed by atoms with Crippen LogP contribution in [0.15, 0.2) is 24.3 Å². The third-order valence-corrected chi connectivity index (χ3v) is 21.1. The van der Waals surface area contributed by atoms with E-state index in [-0.39, 0.29) is 45.4 Å². The van der Waals surface area contributed by atoms with Crippen LogP contribution in [0.5, 0.6) is 23.0 Å². The Labute approximate surface area is 362 Å². The molecule has 14 aliphatic rings. The van der Waals surface area contributed by atoms with Crippen LogP contribution in [0.25, 0.3) is 0 Å². The van der Waals surface area contributed by atoms with Gasteiger partial charge in [-0.25, -0.2) is 0 Å². The molecular weight excluding hydrogens is 765 g/mol. The molecule has 61 heavy (non-hydrogen) atoms. The second-order valence-corrected chi connectivity index (χ2v) is 23.5. The quantitative estimate of drug-likeness (QED) is 0.221. The molecule has 16 rings (SSSR count). The summed E-state index contributed by atoms with van der Waals surface area (Å²) >= 11 is 0. The molecule has 2 aromatic rings. The maximum Gasteiger partial charge on any atom is 0.165 e. The van der Waals surface area contributed by atoms with Crippen molar-refractivity contribution < 1.29 is 33.5 Å². The van der Waals surface area contributed by atoms with Crippen LogP contribution in [-0.2, 0) is 33.1 Å². The fourth-order valence-corrected chi connectivity index (χ4v) is 18.5. The van der Waals surface area contributed by atoms with E-state index in [1.165, 1.54) is 73.9 Å². The molecule has 10 fully saturated rings. The van der Waals surface area contributed by atoms with Crippen LogP contribution in [-0.4, -0.2) is 110 Å². The number of fused-ring (bicyclic) bond motifs is 4. The van der Waals surface area contributed by atoms with Crippen LogP contribution in [0.2, 0.25) is 0 Å². The lowest BCUT2D eigenvalue weighted by molar-refractivity contribution is -0.300. The van der Waals surface area contributed by atoms with Gasteiger partial charge < -0.3 is 33.5 Å². The Morgan fingerprint density at radius 1 is 0.672 bits per heavy atom. The van der Waals surface area contributed by atoms with Crippen LogP contribution >= 0.6 is 0 Å². The Bertz CT molecular complexity index is 2220. The van der Waals surface area contributed by atoms with Crippen molar-refractivity contribution in [2.75, 3.05) is 53.6 Å². The van der Waals surface area contributed by atoms with E-state index in [0.29, 0.717) is 31.2 Å². The van der Waals surface area contributed by atoms with Gasteiger partial charge in [-0.2, -0.15) is 0 Å². The summed E-state index contributed by atoms with van der Waals surface area (Å²) in [7, 11) is 3.82. The summed E-state index contributed by atoms with van der Waals surface area (Å²) in [5.74, 6) is 5.78. The Hall–Kier alpha value is -2.56. The summed E-state index contributed by atoms with van der Waals surface area (Å²) in [6.07, 6.45) is 16.4. The molecule has 12 atom stereocenters. The lowest BCUT2D eigenvalue weighted by atomic mass is 9.34. The third kappa shape index (κ3) is 4.31. The minimum absolute atomic E-state index is 0.0128. The zero-order valence-electron chi connectivity index (χ0n) is 37.4. The first-order valence-electron chi connectivity index (χ1n) is 24.7. The summed E-state index contributed by atoms with van der Waals surface area (Å²) in [4.78, 5) is 5.79. The summed E-state index contributed by atoms with van der Waals surface area (Å²) in [6.45, 7) is 12.0. The number of rotatable bonds is 12. The Kier molecular flexibility index (Phi) is 7.44. The number of benzene rings is 2. The molecule has 0 unspecified atom stereocenters. The first-order valence-corrected chi connectivity index (χ1v) is 24.7. The number of aliphatic hydroxyl groups is 1. The number of methoxy groups -OCH3 is 2. The summed E-state index contributed by atoms with van der Waals surface area (Å²) in [5, 5.41) is 11.9. The molecule has 0 amide bonds. The van der Waals surface area contributed by atoms with Crippen molar-refractivity contribution in [2.45, 2.75) is 163 Å². The molecule has 4 spiro atoms. The molecule has 0 aromatic heterocycles. The van der Waals surface area contributed by atoms with Gasteiger partial charge in [-0.3, -0.25) is 9.80 Å². The molecular formula is C52H68N2O7. The minimum atomic E-state index is -0.883. The average Bonchev–Trinajstić information content (AvgIpc) is 4.18. The second kappa shape index (κ2) is 12.0. The number of hydrogen-bond acceptors (Lipinski definition) is 9. The van der Waals surface area contributed by atoms with Crippen LogP contribution < -0.4 is 18.9 Å². The van der Waals surface area contributed by atoms with Gasteiger partial charge in [-0.15, -0.1) is 0 Å². The molecule has 8 saturated carbocycles. The smallest absolute Gasteiger partial charge is 0.165 e. The number of hydrogen-bond donors (Lipinski definition) is 1. The molecule has 9 heteroatoms. The zero-order chi connectivity index (χ0) is 41.1. The number of piperidine rings is 2. The lowest BCUT2D eigenvalue weighted by Crippen LogP contribution is -2.82.